The zero-order valence-electron chi connectivity index (χ0n) is 13.5. The number of hydrogen-bond donors (Lipinski definition) is 1. The number of aromatic hydroxyl groups is 1. The molecule has 0 fully saturated rings. The summed E-state index contributed by atoms with van der Waals surface area (Å²) in [5, 5.41) is 18.0. The van der Waals surface area contributed by atoms with Crippen LogP contribution in [0.25, 0.3) is 11.5 Å². The highest BCUT2D eigenvalue weighted by Gasteiger charge is 2.13. The molecule has 0 saturated carbocycles. The van der Waals surface area contributed by atoms with Gasteiger partial charge in [0, 0.05) is 12.2 Å². The predicted molar refractivity (Wildman–Crippen MR) is 92.2 cm³/mol. The third-order valence-corrected chi connectivity index (χ3v) is 4.14. The van der Waals surface area contributed by atoms with E-state index < -0.39 is 0 Å². The summed E-state index contributed by atoms with van der Waals surface area (Å²) in [5.74, 6) is 1.18. The Labute approximate surface area is 149 Å². The number of carbonyl (C=O) groups excluding carboxylic acids is 1. The molecule has 2 rings (SSSR count). The van der Waals surface area contributed by atoms with Crippen molar-refractivity contribution in [1.29, 1.82) is 0 Å². The zero-order chi connectivity index (χ0) is 17.5. The van der Waals surface area contributed by atoms with E-state index in [-0.39, 0.29) is 11.7 Å². The Kier molecular flexibility index (Phi) is 6.93. The number of ether oxygens (including phenoxy) is 1. The average molecular weight is 371 g/mol. The SMILES string of the molecule is CC(C)COC(=O)CCCSc1nnc(-c2ccc(O)cc2Cl)o1. The fraction of sp³-hybridized carbons (Fsp3) is 0.438. The molecule has 0 amide bonds. The molecular weight excluding hydrogens is 352 g/mol. The highest BCUT2D eigenvalue weighted by Crippen LogP contribution is 2.31. The first-order chi connectivity index (χ1) is 11.5. The summed E-state index contributed by atoms with van der Waals surface area (Å²) >= 11 is 7.41. The van der Waals surface area contributed by atoms with Gasteiger partial charge >= 0.3 is 5.97 Å². The smallest absolute Gasteiger partial charge is 0.305 e. The molecule has 1 heterocycles. The van der Waals surface area contributed by atoms with E-state index in [1.54, 1.807) is 6.07 Å². The summed E-state index contributed by atoms with van der Waals surface area (Å²) in [6, 6.07) is 4.53. The van der Waals surface area contributed by atoms with E-state index in [1.165, 1.54) is 23.9 Å². The van der Waals surface area contributed by atoms with Crippen LogP contribution in [0.3, 0.4) is 0 Å². The molecule has 2 aromatic rings. The summed E-state index contributed by atoms with van der Waals surface area (Å²) in [6.07, 6.45) is 1.03. The summed E-state index contributed by atoms with van der Waals surface area (Å²) < 4.78 is 10.6. The van der Waals surface area contributed by atoms with E-state index in [0.717, 1.165) is 0 Å². The first-order valence-electron chi connectivity index (χ1n) is 7.56. The minimum absolute atomic E-state index is 0.0715. The van der Waals surface area contributed by atoms with Crippen LogP contribution >= 0.6 is 23.4 Å². The Balaban J connectivity index is 1.79. The molecule has 0 unspecified atom stereocenters. The fourth-order valence-corrected chi connectivity index (χ4v) is 2.72. The summed E-state index contributed by atoms with van der Waals surface area (Å²) in [4.78, 5) is 11.5. The molecule has 1 aromatic carbocycles. The zero-order valence-corrected chi connectivity index (χ0v) is 15.1. The van der Waals surface area contributed by atoms with E-state index in [4.69, 9.17) is 20.8 Å². The van der Waals surface area contributed by atoms with Crippen molar-refractivity contribution in [2.45, 2.75) is 31.9 Å². The summed E-state index contributed by atoms with van der Waals surface area (Å²) in [6.45, 7) is 4.44. The van der Waals surface area contributed by atoms with Crippen LogP contribution in [0, 0.1) is 5.92 Å². The number of carbonyl (C=O) groups is 1. The van der Waals surface area contributed by atoms with Crippen LogP contribution in [0.4, 0.5) is 0 Å². The Morgan fingerprint density at radius 3 is 2.92 bits per heavy atom. The average Bonchev–Trinajstić information content (AvgIpc) is 2.98. The minimum atomic E-state index is -0.189. The minimum Gasteiger partial charge on any atom is -0.508 e. The molecule has 0 atom stereocenters. The van der Waals surface area contributed by atoms with Gasteiger partial charge in [0.05, 0.1) is 17.2 Å². The lowest BCUT2D eigenvalue weighted by Gasteiger charge is -2.06. The van der Waals surface area contributed by atoms with Crippen LogP contribution in [0.15, 0.2) is 27.8 Å². The van der Waals surface area contributed by atoms with Gasteiger partial charge in [-0.05, 0) is 30.5 Å². The standard InChI is InChI=1S/C16H19ClN2O4S/c1-10(2)9-22-14(21)4-3-7-24-16-19-18-15(23-16)12-6-5-11(20)8-13(12)17/h5-6,8,10,20H,3-4,7,9H2,1-2H3. The van der Waals surface area contributed by atoms with Gasteiger partial charge in [-0.2, -0.15) is 0 Å². The van der Waals surface area contributed by atoms with Crippen LogP contribution in [-0.2, 0) is 9.53 Å². The van der Waals surface area contributed by atoms with Crippen LogP contribution in [-0.4, -0.2) is 33.6 Å². The van der Waals surface area contributed by atoms with E-state index >= 15 is 0 Å². The third kappa shape index (κ3) is 5.72. The second-order valence-corrected chi connectivity index (χ2v) is 7.02. The molecule has 6 nitrogen and oxygen atoms in total. The number of aromatic nitrogens is 2. The second-order valence-electron chi connectivity index (χ2n) is 5.57. The van der Waals surface area contributed by atoms with Crippen molar-refractivity contribution in [1.82, 2.24) is 10.2 Å². The molecule has 0 aliphatic rings. The van der Waals surface area contributed by atoms with Gasteiger partial charge in [0.2, 0.25) is 5.89 Å². The lowest BCUT2D eigenvalue weighted by Crippen LogP contribution is -2.09. The molecule has 0 aliphatic carbocycles. The molecule has 0 radical (unpaired) electrons. The van der Waals surface area contributed by atoms with Gasteiger partial charge in [0.1, 0.15) is 5.75 Å². The Bertz CT molecular complexity index is 690. The maximum absolute atomic E-state index is 11.5. The molecular formula is C16H19ClN2O4S. The number of halogens is 1. The van der Waals surface area contributed by atoms with Gasteiger partial charge in [-0.3, -0.25) is 4.79 Å². The van der Waals surface area contributed by atoms with Crippen molar-refractivity contribution in [3.8, 4) is 17.2 Å². The number of esters is 1. The van der Waals surface area contributed by atoms with Crippen LogP contribution in [0.2, 0.25) is 5.02 Å². The quantitative estimate of drug-likeness (QED) is 0.424. The highest BCUT2D eigenvalue weighted by molar-refractivity contribution is 7.99. The van der Waals surface area contributed by atoms with Crippen molar-refractivity contribution < 1.29 is 19.1 Å². The number of phenols is 1. The topological polar surface area (TPSA) is 85.5 Å². The van der Waals surface area contributed by atoms with Crippen LogP contribution in [0.5, 0.6) is 5.75 Å². The lowest BCUT2D eigenvalue weighted by atomic mass is 10.2. The third-order valence-electron chi connectivity index (χ3n) is 2.92. The number of hydrogen-bond acceptors (Lipinski definition) is 7. The molecule has 1 N–H and O–H groups in total. The Morgan fingerprint density at radius 2 is 2.21 bits per heavy atom. The summed E-state index contributed by atoms with van der Waals surface area (Å²) in [5.41, 5.74) is 0.561. The lowest BCUT2D eigenvalue weighted by molar-refractivity contribution is -0.144. The Hall–Kier alpha value is -1.73. The highest BCUT2D eigenvalue weighted by atomic mass is 35.5. The van der Waals surface area contributed by atoms with Crippen molar-refractivity contribution in [2.75, 3.05) is 12.4 Å². The van der Waals surface area contributed by atoms with E-state index in [1.807, 2.05) is 13.8 Å². The molecule has 0 saturated heterocycles. The molecule has 1 aromatic heterocycles. The van der Waals surface area contributed by atoms with Gasteiger partial charge in [-0.15, -0.1) is 10.2 Å². The number of rotatable bonds is 8. The van der Waals surface area contributed by atoms with Gasteiger partial charge in [-0.1, -0.05) is 37.2 Å². The number of benzene rings is 1. The summed E-state index contributed by atoms with van der Waals surface area (Å²) in [7, 11) is 0. The van der Waals surface area contributed by atoms with Gasteiger partial charge in [0.25, 0.3) is 5.22 Å². The van der Waals surface area contributed by atoms with Crippen molar-refractivity contribution >= 4 is 29.3 Å². The molecule has 0 spiro atoms. The molecule has 0 bridgehead atoms. The van der Waals surface area contributed by atoms with Gasteiger partial charge < -0.3 is 14.3 Å². The fourth-order valence-electron chi connectivity index (χ4n) is 1.76. The maximum atomic E-state index is 11.5. The van der Waals surface area contributed by atoms with Crippen molar-refractivity contribution in [2.24, 2.45) is 5.92 Å². The van der Waals surface area contributed by atoms with E-state index in [0.29, 0.717) is 52.8 Å². The van der Waals surface area contributed by atoms with Crippen molar-refractivity contribution in [3.63, 3.8) is 0 Å². The van der Waals surface area contributed by atoms with E-state index in [2.05, 4.69) is 10.2 Å². The number of phenolic OH excluding ortho intramolecular Hbond substituents is 1. The van der Waals surface area contributed by atoms with E-state index in [9.17, 15) is 9.90 Å². The monoisotopic (exact) mass is 370 g/mol. The first-order valence-corrected chi connectivity index (χ1v) is 8.93. The first kappa shape index (κ1) is 18.6. The predicted octanol–water partition coefficient (Wildman–Crippen LogP) is 4.17. The molecule has 0 aliphatic heterocycles. The molecule has 130 valence electrons. The maximum Gasteiger partial charge on any atom is 0.305 e. The Morgan fingerprint density at radius 1 is 1.42 bits per heavy atom. The normalized spacial score (nSPS) is 11.0. The van der Waals surface area contributed by atoms with Gasteiger partial charge in [0.15, 0.2) is 0 Å². The number of nitrogens with zero attached hydrogens (tertiary/aromatic N) is 2. The van der Waals surface area contributed by atoms with Crippen LogP contribution < -0.4 is 0 Å². The van der Waals surface area contributed by atoms with Crippen molar-refractivity contribution in [3.05, 3.63) is 23.2 Å². The van der Waals surface area contributed by atoms with Gasteiger partial charge in [-0.25, -0.2) is 0 Å². The second kappa shape index (κ2) is 8.94. The molecule has 8 heteroatoms. The largest absolute Gasteiger partial charge is 0.508 e. The van der Waals surface area contributed by atoms with Crippen LogP contribution in [0.1, 0.15) is 26.7 Å². The molecule has 24 heavy (non-hydrogen) atoms. The number of thioether (sulfide) groups is 1.